The van der Waals surface area contributed by atoms with Gasteiger partial charge in [-0.25, -0.2) is 4.39 Å². The summed E-state index contributed by atoms with van der Waals surface area (Å²) in [4.78, 5) is 18.2. The molecule has 2 aromatic rings. The molecule has 0 saturated carbocycles. The molecule has 24 heavy (non-hydrogen) atoms. The Morgan fingerprint density at radius 2 is 2.04 bits per heavy atom. The van der Waals surface area contributed by atoms with E-state index in [4.69, 9.17) is 11.6 Å². The highest BCUT2D eigenvalue weighted by molar-refractivity contribution is 6.31. The molecule has 2 heterocycles. The summed E-state index contributed by atoms with van der Waals surface area (Å²) in [5.41, 5.74) is 1.26. The largest absolute Gasteiger partial charge is 0.396 e. The van der Waals surface area contributed by atoms with E-state index < -0.39 is 5.82 Å². The molecule has 2 atom stereocenters. The summed E-state index contributed by atoms with van der Waals surface area (Å²) in [5.74, 6) is -0.637. The number of pyridine rings is 1. The van der Waals surface area contributed by atoms with Crippen molar-refractivity contribution in [3.05, 3.63) is 64.7 Å². The van der Waals surface area contributed by atoms with Crippen molar-refractivity contribution in [1.82, 2.24) is 9.88 Å². The Hall–Kier alpha value is -1.98. The zero-order valence-corrected chi connectivity index (χ0v) is 13.8. The molecule has 1 aliphatic rings. The Bertz CT molecular complexity index is 706. The number of hydrogen-bond donors (Lipinski definition) is 1. The third kappa shape index (κ3) is 3.42. The minimum atomic E-state index is -0.473. The number of hydrogen-bond acceptors (Lipinski definition) is 3. The van der Waals surface area contributed by atoms with Gasteiger partial charge in [0.25, 0.3) is 0 Å². The zero-order chi connectivity index (χ0) is 17.1. The molecular formula is C18H18ClFN2O2. The predicted molar refractivity (Wildman–Crippen MR) is 89.2 cm³/mol. The van der Waals surface area contributed by atoms with E-state index in [9.17, 15) is 14.3 Å². The number of aliphatic hydroxyl groups is 1. The lowest BCUT2D eigenvalue weighted by Crippen LogP contribution is -2.31. The number of nitrogens with zero attached hydrogens (tertiary/aromatic N) is 2. The molecule has 0 spiro atoms. The van der Waals surface area contributed by atoms with Gasteiger partial charge < -0.3 is 10.0 Å². The van der Waals surface area contributed by atoms with Crippen LogP contribution < -0.4 is 0 Å². The lowest BCUT2D eigenvalue weighted by atomic mass is 9.90. The van der Waals surface area contributed by atoms with Crippen molar-refractivity contribution in [1.29, 1.82) is 0 Å². The zero-order valence-electron chi connectivity index (χ0n) is 13.0. The monoisotopic (exact) mass is 348 g/mol. The van der Waals surface area contributed by atoms with Gasteiger partial charge in [-0.15, -0.1) is 0 Å². The van der Waals surface area contributed by atoms with Crippen molar-refractivity contribution in [2.75, 3.05) is 19.7 Å². The van der Waals surface area contributed by atoms with E-state index >= 15 is 0 Å². The summed E-state index contributed by atoms with van der Waals surface area (Å²) in [5, 5.41) is 9.90. The van der Waals surface area contributed by atoms with Crippen molar-refractivity contribution >= 4 is 17.5 Å². The maximum atomic E-state index is 13.9. The lowest BCUT2D eigenvalue weighted by Gasteiger charge is -2.17. The number of carbonyl (C=O) groups is 1. The van der Waals surface area contributed by atoms with Crippen molar-refractivity contribution in [2.45, 2.75) is 12.3 Å². The van der Waals surface area contributed by atoms with Crippen molar-refractivity contribution < 1.29 is 14.3 Å². The van der Waals surface area contributed by atoms with Crippen LogP contribution in [0.2, 0.25) is 5.02 Å². The minimum Gasteiger partial charge on any atom is -0.396 e. The molecule has 0 unspecified atom stereocenters. The third-order valence-corrected chi connectivity index (χ3v) is 4.91. The van der Waals surface area contributed by atoms with Gasteiger partial charge in [0.2, 0.25) is 5.91 Å². The van der Waals surface area contributed by atoms with Gasteiger partial charge in [0.05, 0.1) is 6.42 Å². The molecule has 0 radical (unpaired) electrons. The van der Waals surface area contributed by atoms with Gasteiger partial charge in [-0.3, -0.25) is 9.78 Å². The second-order valence-corrected chi connectivity index (χ2v) is 6.41. The molecule has 126 valence electrons. The van der Waals surface area contributed by atoms with Crippen LogP contribution in [0.4, 0.5) is 4.39 Å². The number of likely N-dealkylation sites (tertiary alicyclic amines) is 1. The average Bonchev–Trinajstić information content (AvgIpc) is 3.03. The van der Waals surface area contributed by atoms with E-state index in [1.165, 1.54) is 12.1 Å². The first-order valence-corrected chi connectivity index (χ1v) is 8.19. The first-order chi connectivity index (χ1) is 11.6. The number of amides is 1. The summed E-state index contributed by atoms with van der Waals surface area (Å²) in [7, 11) is 0. The van der Waals surface area contributed by atoms with Crippen LogP contribution in [0.1, 0.15) is 17.0 Å². The van der Waals surface area contributed by atoms with Gasteiger partial charge >= 0.3 is 0 Å². The van der Waals surface area contributed by atoms with E-state index in [0.717, 1.165) is 5.56 Å². The van der Waals surface area contributed by atoms with Crippen LogP contribution in [0, 0.1) is 11.7 Å². The first kappa shape index (κ1) is 16.9. The molecule has 6 heteroatoms. The van der Waals surface area contributed by atoms with E-state index in [-0.39, 0.29) is 41.4 Å². The van der Waals surface area contributed by atoms with Gasteiger partial charge in [0.15, 0.2) is 0 Å². The van der Waals surface area contributed by atoms with Crippen LogP contribution in [-0.2, 0) is 11.2 Å². The van der Waals surface area contributed by atoms with Gasteiger partial charge in [-0.2, -0.15) is 0 Å². The van der Waals surface area contributed by atoms with Crippen LogP contribution in [-0.4, -0.2) is 40.6 Å². The van der Waals surface area contributed by atoms with E-state index in [2.05, 4.69) is 4.98 Å². The number of aromatic nitrogens is 1. The van der Waals surface area contributed by atoms with Crippen LogP contribution in [0.15, 0.2) is 42.7 Å². The maximum Gasteiger partial charge on any atom is 0.227 e. The maximum absolute atomic E-state index is 13.9. The van der Waals surface area contributed by atoms with E-state index in [1.54, 1.807) is 23.4 Å². The topological polar surface area (TPSA) is 53.4 Å². The normalized spacial score (nSPS) is 20.4. The standard InChI is InChI=1S/C18H18ClFN2O2/c19-16-2-1-3-17(20)14(16)8-18(24)22-9-13(11-23)15(10-22)12-4-6-21-7-5-12/h1-7,13,15,23H,8-11H2/t13-,15-/m0/s1. The Balaban J connectivity index is 1.75. The molecule has 4 nitrogen and oxygen atoms in total. The predicted octanol–water partition coefficient (Wildman–Crippen LogP) is 2.65. The second kappa shape index (κ2) is 7.28. The number of carbonyl (C=O) groups excluding carboxylic acids is 1. The Labute approximate surface area is 144 Å². The van der Waals surface area contributed by atoms with Gasteiger partial charge in [-0.05, 0) is 29.8 Å². The van der Waals surface area contributed by atoms with Gasteiger partial charge in [0.1, 0.15) is 5.82 Å². The van der Waals surface area contributed by atoms with Gasteiger partial charge in [-0.1, -0.05) is 17.7 Å². The SMILES string of the molecule is O=C(Cc1c(F)cccc1Cl)N1C[C@@H](CO)[C@H](c2ccncc2)C1. The highest BCUT2D eigenvalue weighted by atomic mass is 35.5. The fourth-order valence-corrected chi connectivity index (χ4v) is 3.44. The Kier molecular flexibility index (Phi) is 5.11. The van der Waals surface area contributed by atoms with Crippen molar-refractivity contribution in [2.24, 2.45) is 5.92 Å². The van der Waals surface area contributed by atoms with Gasteiger partial charge in [0, 0.05) is 54.5 Å². The molecule has 0 bridgehead atoms. The fraction of sp³-hybridized carbons (Fsp3) is 0.333. The van der Waals surface area contributed by atoms with Crippen LogP contribution in [0.5, 0.6) is 0 Å². The van der Waals surface area contributed by atoms with E-state index in [1.807, 2.05) is 12.1 Å². The summed E-state index contributed by atoms with van der Waals surface area (Å²) in [6, 6.07) is 8.19. The Morgan fingerprint density at radius 3 is 2.71 bits per heavy atom. The molecule has 3 rings (SSSR count). The van der Waals surface area contributed by atoms with Crippen LogP contribution >= 0.6 is 11.6 Å². The molecule has 1 aromatic heterocycles. The van der Waals surface area contributed by atoms with Crippen LogP contribution in [0.25, 0.3) is 0 Å². The van der Waals surface area contributed by atoms with Crippen molar-refractivity contribution in [3.63, 3.8) is 0 Å². The number of aliphatic hydroxyl groups excluding tert-OH is 1. The molecule has 1 aliphatic heterocycles. The smallest absolute Gasteiger partial charge is 0.227 e. The average molecular weight is 349 g/mol. The molecule has 1 aromatic carbocycles. The molecule has 1 saturated heterocycles. The quantitative estimate of drug-likeness (QED) is 0.924. The molecule has 1 amide bonds. The summed E-state index contributed by atoms with van der Waals surface area (Å²) in [6.07, 6.45) is 3.33. The number of rotatable bonds is 4. The van der Waals surface area contributed by atoms with Crippen molar-refractivity contribution in [3.8, 4) is 0 Å². The molecule has 0 aliphatic carbocycles. The van der Waals surface area contributed by atoms with Crippen LogP contribution in [0.3, 0.4) is 0 Å². The number of halogens is 2. The number of benzene rings is 1. The lowest BCUT2D eigenvalue weighted by molar-refractivity contribution is -0.129. The molecule has 1 fully saturated rings. The molecular weight excluding hydrogens is 331 g/mol. The van der Waals surface area contributed by atoms with E-state index in [0.29, 0.717) is 13.1 Å². The Morgan fingerprint density at radius 1 is 1.29 bits per heavy atom. The summed E-state index contributed by atoms with van der Waals surface area (Å²) in [6.45, 7) is 0.950. The first-order valence-electron chi connectivity index (χ1n) is 7.81. The minimum absolute atomic E-state index is 0.00275. The third-order valence-electron chi connectivity index (χ3n) is 4.55. The summed E-state index contributed by atoms with van der Waals surface area (Å²) >= 11 is 6.00. The highest BCUT2D eigenvalue weighted by Gasteiger charge is 2.35. The fourth-order valence-electron chi connectivity index (χ4n) is 3.21. The molecule has 1 N–H and O–H groups in total. The summed E-state index contributed by atoms with van der Waals surface area (Å²) < 4.78 is 13.9. The second-order valence-electron chi connectivity index (χ2n) is 6.01. The highest BCUT2D eigenvalue weighted by Crippen LogP contribution is 2.32.